The van der Waals surface area contributed by atoms with Gasteiger partial charge in [0, 0.05) is 33.6 Å². The normalized spacial score (nSPS) is 10.5. The van der Waals surface area contributed by atoms with Gasteiger partial charge in [-0.2, -0.15) is 0 Å². The van der Waals surface area contributed by atoms with E-state index in [-0.39, 0.29) is 0 Å². The van der Waals surface area contributed by atoms with Crippen molar-refractivity contribution in [1.29, 1.82) is 0 Å². The van der Waals surface area contributed by atoms with E-state index >= 15 is 0 Å². The van der Waals surface area contributed by atoms with Crippen molar-refractivity contribution in [2.75, 3.05) is 11.5 Å². The Hall–Kier alpha value is -3.72. The number of ether oxygens (including phenoxy) is 1. The maximum Gasteiger partial charge on any atom is 0.135 e. The Morgan fingerprint density at radius 1 is 0.407 bits per heavy atom. The smallest absolute Gasteiger partial charge is 0.135 e. The molecule has 0 bridgehead atoms. The van der Waals surface area contributed by atoms with Gasteiger partial charge in [0.25, 0.3) is 0 Å². The molecule has 0 heterocycles. The number of para-hydroxylation sites is 4. The maximum absolute atomic E-state index is 6.35. The summed E-state index contributed by atoms with van der Waals surface area (Å²) in [6, 6.07) is 31.4. The van der Waals surface area contributed by atoms with Crippen LogP contribution in [0.5, 0.6) is 11.5 Å². The van der Waals surface area contributed by atoms with E-state index in [9.17, 15) is 0 Å². The van der Waals surface area contributed by atoms with Crippen LogP contribution in [-0.2, 0) is 0 Å². The van der Waals surface area contributed by atoms with E-state index in [0.29, 0.717) is 11.4 Å². The van der Waals surface area contributed by atoms with E-state index in [1.165, 1.54) is 0 Å². The van der Waals surface area contributed by atoms with Crippen LogP contribution in [0.1, 0.15) is 0 Å². The van der Waals surface area contributed by atoms with Crippen LogP contribution in [-0.4, -0.2) is 0 Å². The highest BCUT2D eigenvalue weighted by atomic mass is 16.5. The van der Waals surface area contributed by atoms with Crippen LogP contribution in [0.2, 0.25) is 0 Å². The van der Waals surface area contributed by atoms with Gasteiger partial charge in [0.15, 0.2) is 0 Å². The Kier molecular flexibility index (Phi) is 4.50. The van der Waals surface area contributed by atoms with Crippen molar-refractivity contribution in [2.24, 2.45) is 0 Å². The van der Waals surface area contributed by atoms with Crippen molar-refractivity contribution in [3.05, 3.63) is 97.1 Å². The van der Waals surface area contributed by atoms with Crippen LogP contribution in [0, 0.1) is 0 Å². The van der Waals surface area contributed by atoms with Crippen molar-refractivity contribution >= 4 is 11.4 Å². The lowest BCUT2D eigenvalue weighted by molar-refractivity contribution is 0.486. The van der Waals surface area contributed by atoms with Gasteiger partial charge in [-0.1, -0.05) is 72.8 Å². The van der Waals surface area contributed by atoms with Crippen LogP contribution >= 0.6 is 0 Å². The highest BCUT2D eigenvalue weighted by Gasteiger charge is 2.13. The van der Waals surface area contributed by atoms with E-state index in [1.807, 2.05) is 97.1 Å². The molecule has 27 heavy (non-hydrogen) atoms. The SMILES string of the molecule is Nc1ccccc1-c1ccccc1Oc1ccccc1-c1ccccc1N. The number of benzene rings is 4. The second-order valence-corrected chi connectivity index (χ2v) is 6.27. The van der Waals surface area contributed by atoms with Gasteiger partial charge in [-0.25, -0.2) is 0 Å². The molecule has 0 aliphatic heterocycles. The lowest BCUT2D eigenvalue weighted by Crippen LogP contribution is -1.95. The van der Waals surface area contributed by atoms with E-state index in [0.717, 1.165) is 33.8 Å². The molecule has 0 saturated carbocycles. The molecule has 3 nitrogen and oxygen atoms in total. The molecule has 0 unspecified atom stereocenters. The molecule has 132 valence electrons. The van der Waals surface area contributed by atoms with E-state index in [2.05, 4.69) is 0 Å². The standard InChI is InChI=1S/C24H20N2O/c25-21-13-5-1-9-17(21)19-11-3-7-15-23(19)27-24-16-8-4-12-20(24)18-10-2-6-14-22(18)26/h1-16H,25-26H2. The van der Waals surface area contributed by atoms with Crippen LogP contribution in [0.3, 0.4) is 0 Å². The molecule has 0 aromatic heterocycles. The number of anilines is 2. The van der Waals surface area contributed by atoms with Crippen molar-refractivity contribution in [2.45, 2.75) is 0 Å². The number of rotatable bonds is 4. The second kappa shape index (κ2) is 7.26. The van der Waals surface area contributed by atoms with Gasteiger partial charge in [-0.15, -0.1) is 0 Å². The second-order valence-electron chi connectivity index (χ2n) is 6.27. The molecular formula is C24H20N2O. The molecule has 4 rings (SSSR count). The highest BCUT2D eigenvalue weighted by Crippen LogP contribution is 2.40. The van der Waals surface area contributed by atoms with Crippen molar-refractivity contribution < 1.29 is 4.74 Å². The van der Waals surface area contributed by atoms with Gasteiger partial charge in [-0.3, -0.25) is 0 Å². The summed E-state index contributed by atoms with van der Waals surface area (Å²) in [5, 5.41) is 0. The van der Waals surface area contributed by atoms with E-state index < -0.39 is 0 Å². The zero-order valence-electron chi connectivity index (χ0n) is 14.8. The molecule has 4 N–H and O–H groups in total. The largest absolute Gasteiger partial charge is 0.456 e. The molecule has 0 spiro atoms. The van der Waals surface area contributed by atoms with Crippen molar-refractivity contribution in [1.82, 2.24) is 0 Å². The van der Waals surface area contributed by atoms with E-state index in [1.54, 1.807) is 0 Å². The molecule has 3 heteroatoms. The monoisotopic (exact) mass is 352 g/mol. The first-order valence-corrected chi connectivity index (χ1v) is 8.79. The summed E-state index contributed by atoms with van der Waals surface area (Å²) < 4.78 is 6.35. The molecule has 0 aliphatic rings. The Bertz CT molecular complexity index is 1000. The molecule has 0 amide bonds. The molecular weight excluding hydrogens is 332 g/mol. The fourth-order valence-corrected chi connectivity index (χ4v) is 3.16. The average Bonchev–Trinajstić information content (AvgIpc) is 2.70. The van der Waals surface area contributed by atoms with Crippen LogP contribution in [0.15, 0.2) is 97.1 Å². The van der Waals surface area contributed by atoms with Crippen molar-refractivity contribution in [3.8, 4) is 33.8 Å². The minimum Gasteiger partial charge on any atom is -0.456 e. The van der Waals surface area contributed by atoms with Crippen LogP contribution < -0.4 is 16.2 Å². The van der Waals surface area contributed by atoms with Crippen LogP contribution in [0.4, 0.5) is 11.4 Å². The quantitative estimate of drug-likeness (QED) is 0.444. The third-order valence-electron chi connectivity index (χ3n) is 4.50. The predicted molar refractivity (Wildman–Crippen MR) is 113 cm³/mol. The first kappa shape index (κ1) is 16.7. The van der Waals surface area contributed by atoms with Gasteiger partial charge >= 0.3 is 0 Å². The fraction of sp³-hybridized carbons (Fsp3) is 0. The topological polar surface area (TPSA) is 61.3 Å². The fourth-order valence-electron chi connectivity index (χ4n) is 3.16. The van der Waals surface area contributed by atoms with Gasteiger partial charge in [0.05, 0.1) is 0 Å². The van der Waals surface area contributed by atoms with E-state index in [4.69, 9.17) is 16.2 Å². The maximum atomic E-state index is 6.35. The Labute approximate surface area is 158 Å². The summed E-state index contributed by atoms with van der Waals surface area (Å²) in [5.41, 5.74) is 17.6. The summed E-state index contributed by atoms with van der Waals surface area (Å²) in [5.74, 6) is 1.50. The highest BCUT2D eigenvalue weighted by molar-refractivity contribution is 5.83. The Morgan fingerprint density at radius 2 is 0.741 bits per heavy atom. The zero-order valence-corrected chi connectivity index (χ0v) is 14.8. The van der Waals surface area contributed by atoms with Crippen molar-refractivity contribution in [3.63, 3.8) is 0 Å². The Morgan fingerprint density at radius 3 is 1.15 bits per heavy atom. The summed E-state index contributed by atoms with van der Waals surface area (Å²) >= 11 is 0. The number of nitrogen functional groups attached to an aromatic ring is 2. The minimum absolute atomic E-state index is 0.717. The molecule has 4 aromatic carbocycles. The molecule has 0 fully saturated rings. The van der Waals surface area contributed by atoms with Gasteiger partial charge in [0.2, 0.25) is 0 Å². The number of hydrogen-bond donors (Lipinski definition) is 2. The van der Waals surface area contributed by atoms with Gasteiger partial charge in [-0.05, 0) is 24.3 Å². The lowest BCUT2D eigenvalue weighted by Gasteiger charge is -2.16. The number of hydrogen-bond acceptors (Lipinski definition) is 3. The predicted octanol–water partition coefficient (Wildman–Crippen LogP) is 5.98. The Balaban J connectivity index is 1.80. The first-order valence-electron chi connectivity index (χ1n) is 8.79. The zero-order chi connectivity index (χ0) is 18.6. The first-order chi connectivity index (χ1) is 13.2. The van der Waals surface area contributed by atoms with Crippen LogP contribution in [0.25, 0.3) is 22.3 Å². The molecule has 4 aromatic rings. The summed E-state index contributed by atoms with van der Waals surface area (Å²) in [7, 11) is 0. The third-order valence-corrected chi connectivity index (χ3v) is 4.50. The third kappa shape index (κ3) is 3.35. The summed E-state index contributed by atoms with van der Waals surface area (Å²) in [6.45, 7) is 0. The molecule has 0 saturated heterocycles. The van der Waals surface area contributed by atoms with Gasteiger partial charge in [0.1, 0.15) is 11.5 Å². The van der Waals surface area contributed by atoms with Gasteiger partial charge < -0.3 is 16.2 Å². The number of nitrogens with two attached hydrogens (primary N) is 2. The summed E-state index contributed by atoms with van der Waals surface area (Å²) in [6.07, 6.45) is 0. The average molecular weight is 352 g/mol. The minimum atomic E-state index is 0.717. The summed E-state index contributed by atoms with van der Waals surface area (Å²) in [4.78, 5) is 0. The lowest BCUT2D eigenvalue weighted by atomic mass is 10.0. The molecule has 0 aliphatic carbocycles. The molecule has 0 atom stereocenters. The molecule has 0 radical (unpaired) electrons.